The van der Waals surface area contributed by atoms with Crippen LogP contribution in [0.25, 0.3) is 0 Å². The molecule has 1 saturated carbocycles. The van der Waals surface area contributed by atoms with E-state index in [4.69, 9.17) is 11.6 Å². The van der Waals surface area contributed by atoms with Gasteiger partial charge in [-0.3, -0.25) is 9.59 Å². The summed E-state index contributed by atoms with van der Waals surface area (Å²) in [5, 5.41) is 3.57. The fourth-order valence-corrected chi connectivity index (χ4v) is 6.05. The van der Waals surface area contributed by atoms with Crippen molar-refractivity contribution in [3.8, 4) is 0 Å². The molecule has 2 amide bonds. The number of rotatable bonds is 11. The highest BCUT2D eigenvalue weighted by Crippen LogP contribution is 2.25. The third-order valence-corrected chi connectivity index (χ3v) is 8.28. The normalized spacial score (nSPS) is 14.3. The first-order valence-electron chi connectivity index (χ1n) is 13.1. The molecule has 1 N–H and O–H groups in total. The number of carbonyl (C=O) groups is 2. The highest BCUT2D eigenvalue weighted by atomic mass is 35.5. The number of halogens is 2. The Balaban J connectivity index is 1.57. The Bertz CT molecular complexity index is 1200. The lowest BCUT2D eigenvalue weighted by molar-refractivity contribution is -0.139. The zero-order chi connectivity index (χ0) is 26.9. The number of carbonyl (C=O) groups excluding carboxylic acids is 2. The third-order valence-electron chi connectivity index (χ3n) is 6.98. The number of aryl methyl sites for hydroxylation is 1. The van der Waals surface area contributed by atoms with Gasteiger partial charge in [0, 0.05) is 35.3 Å². The lowest BCUT2D eigenvalue weighted by Crippen LogP contribution is -2.52. The molecule has 3 aromatic rings. The summed E-state index contributed by atoms with van der Waals surface area (Å²) in [6.45, 7) is 2.33. The van der Waals surface area contributed by atoms with Gasteiger partial charge in [0.05, 0.1) is 5.75 Å². The maximum Gasteiger partial charge on any atom is 0.243 e. The van der Waals surface area contributed by atoms with Crippen LogP contribution in [-0.2, 0) is 28.3 Å². The second-order valence-electron chi connectivity index (χ2n) is 9.90. The van der Waals surface area contributed by atoms with Crippen molar-refractivity contribution in [2.24, 2.45) is 0 Å². The monoisotopic (exact) mass is 552 g/mol. The van der Waals surface area contributed by atoms with Crippen LogP contribution in [0, 0.1) is 12.7 Å². The quantitative estimate of drug-likeness (QED) is 0.287. The van der Waals surface area contributed by atoms with Crippen LogP contribution in [0.3, 0.4) is 0 Å². The molecule has 4 rings (SSSR count). The molecule has 1 fully saturated rings. The van der Waals surface area contributed by atoms with Crippen LogP contribution in [0.2, 0.25) is 5.02 Å². The lowest BCUT2D eigenvalue weighted by atomic mass is 10.0. The summed E-state index contributed by atoms with van der Waals surface area (Å²) in [4.78, 5) is 29.1. The van der Waals surface area contributed by atoms with Gasteiger partial charge >= 0.3 is 0 Å². The molecule has 0 unspecified atom stereocenters. The topological polar surface area (TPSA) is 49.4 Å². The van der Waals surface area contributed by atoms with Gasteiger partial charge < -0.3 is 10.2 Å². The molecule has 0 spiro atoms. The van der Waals surface area contributed by atoms with E-state index in [1.165, 1.54) is 17.8 Å². The number of thioether (sulfide) groups is 1. The molecular weight excluding hydrogens is 519 g/mol. The van der Waals surface area contributed by atoms with Crippen LogP contribution in [0.5, 0.6) is 0 Å². The number of benzene rings is 3. The molecular formula is C31H34ClFN2O2S. The van der Waals surface area contributed by atoms with Crippen LogP contribution in [0.1, 0.15) is 47.9 Å². The van der Waals surface area contributed by atoms with Gasteiger partial charge in [-0.15, -0.1) is 11.8 Å². The average Bonchev–Trinajstić information content (AvgIpc) is 3.42. The number of nitrogens with zero attached hydrogens (tertiary/aromatic N) is 1. The van der Waals surface area contributed by atoms with Crippen molar-refractivity contribution in [1.82, 2.24) is 10.2 Å². The lowest BCUT2D eigenvalue weighted by Gasteiger charge is -2.32. The van der Waals surface area contributed by atoms with Crippen LogP contribution in [0.15, 0.2) is 72.8 Å². The van der Waals surface area contributed by atoms with Crippen LogP contribution in [0.4, 0.5) is 4.39 Å². The van der Waals surface area contributed by atoms with Gasteiger partial charge in [-0.25, -0.2) is 4.39 Å². The van der Waals surface area contributed by atoms with Crippen molar-refractivity contribution in [2.75, 3.05) is 5.75 Å². The minimum Gasteiger partial charge on any atom is -0.352 e. The molecule has 1 aliphatic rings. The van der Waals surface area contributed by atoms with Crippen molar-refractivity contribution < 1.29 is 14.0 Å². The molecule has 0 bridgehead atoms. The Morgan fingerprint density at radius 3 is 2.39 bits per heavy atom. The van der Waals surface area contributed by atoms with Crippen LogP contribution < -0.4 is 5.32 Å². The summed E-state index contributed by atoms with van der Waals surface area (Å²) in [7, 11) is 0. The summed E-state index contributed by atoms with van der Waals surface area (Å²) >= 11 is 7.49. The van der Waals surface area contributed by atoms with Gasteiger partial charge in [-0.05, 0) is 43.0 Å². The van der Waals surface area contributed by atoms with Crippen molar-refractivity contribution in [3.05, 3.63) is 106 Å². The molecule has 0 aromatic heterocycles. The highest BCUT2D eigenvalue weighted by molar-refractivity contribution is 7.99. The van der Waals surface area contributed by atoms with Crippen LogP contribution >= 0.6 is 23.4 Å². The van der Waals surface area contributed by atoms with E-state index in [-0.39, 0.29) is 35.2 Å². The molecule has 1 aliphatic carbocycles. The van der Waals surface area contributed by atoms with Gasteiger partial charge in [0.1, 0.15) is 11.9 Å². The van der Waals surface area contributed by atoms with E-state index in [9.17, 15) is 14.0 Å². The van der Waals surface area contributed by atoms with E-state index >= 15 is 0 Å². The van der Waals surface area contributed by atoms with Gasteiger partial charge in [-0.2, -0.15) is 0 Å². The zero-order valence-electron chi connectivity index (χ0n) is 21.7. The van der Waals surface area contributed by atoms with Gasteiger partial charge in [-0.1, -0.05) is 90.7 Å². The fourth-order valence-electron chi connectivity index (χ4n) is 4.81. The van der Waals surface area contributed by atoms with Gasteiger partial charge in [0.2, 0.25) is 11.8 Å². The Kier molecular flexibility index (Phi) is 10.2. The van der Waals surface area contributed by atoms with Crippen molar-refractivity contribution in [1.29, 1.82) is 0 Å². The smallest absolute Gasteiger partial charge is 0.243 e. The number of nitrogens with one attached hydrogen (secondary N) is 1. The average molecular weight is 553 g/mol. The zero-order valence-corrected chi connectivity index (χ0v) is 23.2. The molecule has 200 valence electrons. The minimum atomic E-state index is -0.663. The second kappa shape index (κ2) is 13.8. The molecule has 0 heterocycles. The maximum absolute atomic E-state index is 14.3. The third kappa shape index (κ3) is 7.84. The fraction of sp³-hybridized carbons (Fsp3) is 0.355. The first kappa shape index (κ1) is 28.2. The van der Waals surface area contributed by atoms with Crippen molar-refractivity contribution in [2.45, 2.75) is 63.4 Å². The molecule has 0 aliphatic heterocycles. The molecule has 38 heavy (non-hydrogen) atoms. The number of amides is 2. The van der Waals surface area contributed by atoms with Crippen molar-refractivity contribution >= 4 is 35.2 Å². The van der Waals surface area contributed by atoms with E-state index in [0.717, 1.165) is 42.4 Å². The minimum absolute atomic E-state index is 0.110. The predicted octanol–water partition coefficient (Wildman–Crippen LogP) is 6.72. The summed E-state index contributed by atoms with van der Waals surface area (Å²) in [5.41, 5.74) is 3.46. The molecule has 7 heteroatoms. The number of hydrogen-bond acceptors (Lipinski definition) is 3. The molecule has 1 atom stereocenters. The molecule has 0 saturated heterocycles. The maximum atomic E-state index is 14.3. The first-order chi connectivity index (χ1) is 18.4. The Hall–Kier alpha value is -2.83. The number of hydrogen-bond donors (Lipinski definition) is 1. The SMILES string of the molecule is Cc1ccc(CN(C(=O)CSCc2c(F)cccc2Cl)[C@H](Cc2ccccc2)C(=O)NC2CCCC2)cc1. The van der Waals surface area contributed by atoms with Crippen LogP contribution in [-0.4, -0.2) is 34.6 Å². The molecule has 4 nitrogen and oxygen atoms in total. The van der Waals surface area contributed by atoms with E-state index in [2.05, 4.69) is 5.32 Å². The van der Waals surface area contributed by atoms with E-state index in [1.54, 1.807) is 17.0 Å². The predicted molar refractivity (Wildman–Crippen MR) is 154 cm³/mol. The Morgan fingerprint density at radius 2 is 1.71 bits per heavy atom. The Morgan fingerprint density at radius 1 is 1.00 bits per heavy atom. The molecule has 3 aromatic carbocycles. The van der Waals surface area contributed by atoms with E-state index in [0.29, 0.717) is 23.6 Å². The highest BCUT2D eigenvalue weighted by Gasteiger charge is 2.32. The molecule has 0 radical (unpaired) electrons. The van der Waals surface area contributed by atoms with Gasteiger partial charge in [0.15, 0.2) is 0 Å². The first-order valence-corrected chi connectivity index (χ1v) is 14.6. The summed E-state index contributed by atoms with van der Waals surface area (Å²) < 4.78 is 14.3. The summed E-state index contributed by atoms with van der Waals surface area (Å²) in [6.07, 6.45) is 4.57. The summed E-state index contributed by atoms with van der Waals surface area (Å²) in [6, 6.07) is 21.9. The second-order valence-corrected chi connectivity index (χ2v) is 11.3. The standard InChI is InChI=1S/C31H34ClFN2O2S/c1-22-14-16-24(17-15-22)19-35(30(36)21-38-20-26-27(32)12-7-13-28(26)33)29(18-23-8-3-2-4-9-23)31(37)34-25-10-5-6-11-25/h2-4,7-9,12-17,25,29H,5-6,10-11,18-21H2,1H3,(H,34,37)/t29-/m1/s1. The largest absolute Gasteiger partial charge is 0.352 e. The van der Waals surface area contributed by atoms with E-state index < -0.39 is 6.04 Å². The Labute approximate surface area is 234 Å². The van der Waals surface area contributed by atoms with Gasteiger partial charge in [0.25, 0.3) is 0 Å². The van der Waals surface area contributed by atoms with Crippen molar-refractivity contribution in [3.63, 3.8) is 0 Å². The van der Waals surface area contributed by atoms with E-state index in [1.807, 2.05) is 61.5 Å². The summed E-state index contributed by atoms with van der Waals surface area (Å²) in [5.74, 6) is -0.285.